The lowest BCUT2D eigenvalue weighted by atomic mass is 9.97. The van der Waals surface area contributed by atoms with Crippen LogP contribution in [-0.4, -0.2) is 58.2 Å². The molecule has 4 rings (SSSR count). The third-order valence-corrected chi connectivity index (χ3v) is 3.63. The molecule has 2 fully saturated rings. The fourth-order valence-electron chi connectivity index (χ4n) is 2.64. The molecule has 6 nitrogen and oxygen atoms in total. The van der Waals surface area contributed by atoms with E-state index in [1.165, 1.54) is 4.90 Å². The number of imide groups is 1. The molecule has 92 valence electrons. The van der Waals surface area contributed by atoms with Gasteiger partial charge in [-0.2, -0.15) is 9.37 Å². The maximum absolute atomic E-state index is 11.9. The molecule has 3 amide bonds. The summed E-state index contributed by atoms with van der Waals surface area (Å²) in [4.78, 5) is 24.4. The van der Waals surface area contributed by atoms with Crippen molar-refractivity contribution in [2.24, 2.45) is 5.92 Å². The van der Waals surface area contributed by atoms with Crippen molar-refractivity contribution in [2.45, 2.75) is 31.5 Å². The van der Waals surface area contributed by atoms with E-state index < -0.39 is 0 Å². The van der Waals surface area contributed by atoms with Crippen LogP contribution in [0.4, 0.5) is 4.79 Å². The molecule has 3 atom stereocenters. The third kappa shape index (κ3) is 1.68. The van der Waals surface area contributed by atoms with Crippen LogP contribution in [0.3, 0.4) is 0 Å². The zero-order valence-electron chi connectivity index (χ0n) is 9.41. The Morgan fingerprint density at radius 2 is 2.18 bits per heavy atom. The second kappa shape index (κ2) is 3.89. The molecule has 4 aliphatic heterocycles. The van der Waals surface area contributed by atoms with Gasteiger partial charge in [0.05, 0.1) is 25.0 Å². The number of hydrogen-bond acceptors (Lipinski definition) is 4. The highest BCUT2D eigenvalue weighted by atomic mass is 16.5. The Morgan fingerprint density at radius 1 is 1.41 bits per heavy atom. The van der Waals surface area contributed by atoms with Crippen LogP contribution in [0, 0.1) is 5.92 Å². The Balaban J connectivity index is 1.64. The number of ether oxygens (including phenoxy) is 1. The number of rotatable bonds is 3. The number of amides is 3. The van der Waals surface area contributed by atoms with Gasteiger partial charge in [-0.25, -0.2) is 4.79 Å². The monoisotopic (exact) mass is 239 g/mol. The van der Waals surface area contributed by atoms with Crippen LogP contribution < -0.4 is 0 Å². The molecular weight excluding hydrogens is 224 g/mol. The van der Waals surface area contributed by atoms with Gasteiger partial charge >= 0.3 is 11.9 Å². The summed E-state index contributed by atoms with van der Waals surface area (Å²) in [5, 5.41) is 8.96. The van der Waals surface area contributed by atoms with Crippen LogP contribution in [0.2, 0.25) is 0 Å². The summed E-state index contributed by atoms with van der Waals surface area (Å²) in [6.45, 7) is 0.439. The Labute approximate surface area is 98.5 Å². The maximum atomic E-state index is 11.9. The number of nitrogens with zero attached hydrogens (tertiary/aromatic N) is 2. The predicted octanol–water partition coefficient (Wildman–Crippen LogP) is -0.451. The van der Waals surface area contributed by atoms with Gasteiger partial charge in [-0.3, -0.25) is 0 Å². The first-order chi connectivity index (χ1) is 8.19. The summed E-state index contributed by atoms with van der Waals surface area (Å²) >= 11 is 0. The summed E-state index contributed by atoms with van der Waals surface area (Å²) in [6.07, 6.45) is 3.96. The molecule has 0 aromatic rings. The maximum Gasteiger partial charge on any atom is 0.506 e. The molecule has 0 spiro atoms. The molecular formula is C11H15N2O4+. The van der Waals surface area contributed by atoms with E-state index in [0.29, 0.717) is 13.1 Å². The topological polar surface area (TPSA) is 69.8 Å². The van der Waals surface area contributed by atoms with E-state index in [2.05, 4.69) is 0 Å². The zero-order valence-corrected chi connectivity index (χ0v) is 9.41. The summed E-state index contributed by atoms with van der Waals surface area (Å²) in [5.74, 6) is -0.363. The molecule has 4 aliphatic rings. The van der Waals surface area contributed by atoms with Crippen LogP contribution in [-0.2, 0) is 9.53 Å². The number of aliphatic hydroxyl groups is 1. The molecule has 1 N–H and O–H groups in total. The second-order valence-electron chi connectivity index (χ2n) is 4.79. The fourth-order valence-corrected chi connectivity index (χ4v) is 2.64. The van der Waals surface area contributed by atoms with Gasteiger partial charge in [0.15, 0.2) is 0 Å². The van der Waals surface area contributed by atoms with Crippen LogP contribution >= 0.6 is 0 Å². The lowest BCUT2D eigenvalue weighted by Gasteiger charge is -2.30. The summed E-state index contributed by atoms with van der Waals surface area (Å²) in [6, 6.07) is -0.216. The lowest BCUT2D eigenvalue weighted by Crippen LogP contribution is -2.64. The summed E-state index contributed by atoms with van der Waals surface area (Å²) < 4.78 is 7.15. The van der Waals surface area contributed by atoms with Crippen molar-refractivity contribution in [1.29, 1.82) is 0 Å². The largest absolute Gasteiger partial charge is 0.506 e. The predicted molar refractivity (Wildman–Crippen MR) is 56.5 cm³/mol. The van der Waals surface area contributed by atoms with Crippen LogP contribution in [0.25, 0.3) is 0 Å². The number of carbonyl (C=O) groups is 2. The van der Waals surface area contributed by atoms with Gasteiger partial charge in [0, 0.05) is 0 Å². The third-order valence-electron chi connectivity index (χ3n) is 3.63. The minimum atomic E-state index is -0.246. The van der Waals surface area contributed by atoms with Gasteiger partial charge in [-0.15, -0.1) is 4.90 Å². The Bertz CT molecular complexity index is 406. The highest BCUT2D eigenvalue weighted by Gasteiger charge is 2.53. The first-order valence-electron chi connectivity index (χ1n) is 5.92. The average Bonchev–Trinajstić information content (AvgIpc) is 2.78. The van der Waals surface area contributed by atoms with E-state index in [1.807, 2.05) is 0 Å². The highest BCUT2D eigenvalue weighted by molar-refractivity contribution is 6.05. The minimum absolute atomic E-state index is 0.0207. The van der Waals surface area contributed by atoms with Crippen molar-refractivity contribution in [1.82, 2.24) is 4.90 Å². The van der Waals surface area contributed by atoms with Crippen molar-refractivity contribution < 1.29 is 24.0 Å². The fraction of sp³-hybridized carbons (Fsp3) is 0.727. The van der Waals surface area contributed by atoms with E-state index >= 15 is 0 Å². The first kappa shape index (κ1) is 10.9. The Morgan fingerprint density at radius 3 is 2.76 bits per heavy atom. The smallest absolute Gasteiger partial charge is 0.394 e. The minimum Gasteiger partial charge on any atom is -0.394 e. The number of aliphatic hydroxyl groups excluding tert-OH is 1. The second-order valence-corrected chi connectivity index (χ2v) is 4.79. The molecule has 17 heavy (non-hydrogen) atoms. The van der Waals surface area contributed by atoms with E-state index in [-0.39, 0.29) is 36.7 Å². The van der Waals surface area contributed by atoms with E-state index in [1.54, 1.807) is 10.8 Å². The van der Waals surface area contributed by atoms with Gasteiger partial charge in [0.25, 0.3) is 0 Å². The molecule has 2 saturated heterocycles. The van der Waals surface area contributed by atoms with Gasteiger partial charge in [-0.1, -0.05) is 0 Å². The normalized spacial score (nSPS) is 35.9. The molecule has 4 heterocycles. The lowest BCUT2D eigenvalue weighted by molar-refractivity contribution is -0.513. The highest BCUT2D eigenvalue weighted by Crippen LogP contribution is 2.27. The van der Waals surface area contributed by atoms with E-state index in [4.69, 9.17) is 9.84 Å². The van der Waals surface area contributed by atoms with Gasteiger partial charge in [0.1, 0.15) is 5.92 Å². The number of urea groups is 1. The van der Waals surface area contributed by atoms with Crippen molar-refractivity contribution in [3.63, 3.8) is 0 Å². The molecule has 0 aromatic heterocycles. The Kier molecular flexibility index (Phi) is 2.48. The van der Waals surface area contributed by atoms with Gasteiger partial charge in [0.2, 0.25) is 6.67 Å². The molecule has 0 saturated carbocycles. The van der Waals surface area contributed by atoms with Crippen molar-refractivity contribution in [3.8, 4) is 0 Å². The van der Waals surface area contributed by atoms with Gasteiger partial charge in [-0.05, 0) is 19.3 Å². The molecule has 0 aliphatic carbocycles. The first-order valence-corrected chi connectivity index (χ1v) is 5.92. The molecule has 0 radical (unpaired) electrons. The molecule has 3 unspecified atom stereocenters. The number of fused-ring (bicyclic) bond motifs is 2. The number of carbonyl (C=O) groups excluding carboxylic acids is 2. The SMILES string of the molecule is O=C1C(CC2CCC(CO)O2)C=[N+]2CN1C2=O. The molecule has 0 aromatic carbocycles. The van der Waals surface area contributed by atoms with Crippen molar-refractivity contribution in [2.75, 3.05) is 13.3 Å². The van der Waals surface area contributed by atoms with E-state index in [0.717, 1.165) is 12.8 Å². The summed E-state index contributed by atoms with van der Waals surface area (Å²) in [7, 11) is 0. The van der Waals surface area contributed by atoms with Crippen LogP contribution in [0.5, 0.6) is 0 Å². The molecule has 2 bridgehead atoms. The van der Waals surface area contributed by atoms with E-state index in [9.17, 15) is 9.59 Å². The molecule has 6 heteroatoms. The Hall–Kier alpha value is -1.27. The van der Waals surface area contributed by atoms with Crippen molar-refractivity contribution >= 4 is 18.2 Å². The standard InChI is InChI=1S/C11H15N2O4/c14-5-9-2-1-8(17-9)3-7-4-12-6-13(10(7)15)11(12)16/h4,7-9,14H,1-3,5-6H2/q+1. The van der Waals surface area contributed by atoms with Crippen LogP contribution in [0.15, 0.2) is 0 Å². The number of hydrogen-bond donors (Lipinski definition) is 1. The van der Waals surface area contributed by atoms with Gasteiger partial charge < -0.3 is 9.84 Å². The zero-order chi connectivity index (χ0) is 12.0. The average molecular weight is 239 g/mol. The summed E-state index contributed by atoms with van der Waals surface area (Å²) in [5.41, 5.74) is 0. The quantitative estimate of drug-likeness (QED) is 0.677. The van der Waals surface area contributed by atoms with Crippen molar-refractivity contribution in [3.05, 3.63) is 0 Å². The van der Waals surface area contributed by atoms with Crippen LogP contribution in [0.1, 0.15) is 19.3 Å².